The lowest BCUT2D eigenvalue weighted by molar-refractivity contribution is -0.576. The van der Waals surface area contributed by atoms with Crippen molar-refractivity contribution in [3.63, 3.8) is 0 Å². The first-order chi connectivity index (χ1) is 7.36. The van der Waals surface area contributed by atoms with E-state index in [1.807, 2.05) is 0 Å². The highest BCUT2D eigenvalue weighted by molar-refractivity contribution is 5.96. The van der Waals surface area contributed by atoms with Crippen molar-refractivity contribution in [3.05, 3.63) is 35.4 Å². The largest absolute Gasteiger partial charge is 0.287 e. The van der Waals surface area contributed by atoms with Crippen LogP contribution in [0.5, 0.6) is 0 Å². The van der Waals surface area contributed by atoms with Gasteiger partial charge in [0.2, 0.25) is 0 Å². The molecule has 1 heterocycles. The van der Waals surface area contributed by atoms with Gasteiger partial charge in [-0.2, -0.15) is 0 Å². The van der Waals surface area contributed by atoms with Crippen LogP contribution in [-0.2, 0) is 6.54 Å². The summed E-state index contributed by atoms with van der Waals surface area (Å²) in [5.74, 6) is 0.998. The van der Waals surface area contributed by atoms with Crippen molar-refractivity contribution in [3.8, 4) is 0 Å². The topological polar surface area (TPSA) is 29.0 Å². The Morgan fingerprint density at radius 3 is 2.60 bits per heavy atom. The third-order valence-electron chi connectivity index (χ3n) is 3.71. The van der Waals surface area contributed by atoms with Crippen molar-refractivity contribution in [2.75, 3.05) is 0 Å². The maximum Gasteiger partial charge on any atom is 0.275 e. The Bertz CT molecular complexity index is 414. The van der Waals surface area contributed by atoms with Gasteiger partial charge in [0.1, 0.15) is 6.54 Å². The number of fused-ring (bicyclic) bond motifs is 1. The van der Waals surface area contributed by atoms with E-state index in [0.29, 0.717) is 6.04 Å². The molecular formula is C13H17N2+. The fourth-order valence-electron chi connectivity index (χ4n) is 2.87. The van der Waals surface area contributed by atoms with Crippen LogP contribution in [0.15, 0.2) is 24.3 Å². The number of hydrogen-bond donors (Lipinski definition) is 1. The maximum absolute atomic E-state index is 6.21. The average Bonchev–Trinajstić information content (AvgIpc) is 2.87. The normalized spacial score (nSPS) is 21.1. The van der Waals surface area contributed by atoms with Gasteiger partial charge in [-0.05, 0) is 31.7 Å². The monoisotopic (exact) mass is 201 g/mol. The highest BCUT2D eigenvalue weighted by atomic mass is 15.1. The summed E-state index contributed by atoms with van der Waals surface area (Å²) in [7, 11) is 0. The van der Waals surface area contributed by atoms with E-state index in [1.54, 1.807) is 0 Å². The van der Waals surface area contributed by atoms with Crippen LogP contribution >= 0.6 is 0 Å². The zero-order valence-electron chi connectivity index (χ0n) is 8.95. The van der Waals surface area contributed by atoms with Gasteiger partial charge in [-0.3, -0.25) is 10.3 Å². The number of nitrogens with two attached hydrogens (primary N) is 1. The van der Waals surface area contributed by atoms with Crippen LogP contribution in [0, 0.1) is 0 Å². The lowest BCUT2D eigenvalue weighted by Crippen LogP contribution is -2.30. The molecule has 0 amide bonds. The van der Waals surface area contributed by atoms with Gasteiger partial charge in [-0.15, -0.1) is 0 Å². The van der Waals surface area contributed by atoms with Gasteiger partial charge < -0.3 is 0 Å². The molecule has 1 saturated carbocycles. The van der Waals surface area contributed by atoms with Gasteiger partial charge >= 0.3 is 0 Å². The first-order valence-corrected chi connectivity index (χ1v) is 5.83. The number of nitrogens with zero attached hydrogens (tertiary/aromatic N) is 1. The summed E-state index contributed by atoms with van der Waals surface area (Å²) in [5, 5.41) is 0. The fourth-order valence-corrected chi connectivity index (χ4v) is 2.87. The zero-order valence-corrected chi connectivity index (χ0v) is 8.95. The number of amidine groups is 1. The molecule has 2 N–H and O–H groups in total. The number of hydrogen-bond acceptors (Lipinski definition) is 1. The summed E-state index contributed by atoms with van der Waals surface area (Å²) in [4.78, 5) is 0. The van der Waals surface area contributed by atoms with E-state index in [0.717, 1.165) is 12.4 Å². The summed E-state index contributed by atoms with van der Waals surface area (Å²) >= 11 is 0. The Hall–Kier alpha value is -1.31. The standard InChI is InChI=1S/C13H16N2/c14-13-12-8-4-1-5-10(12)9-15(13)11-6-2-3-7-11/h1,4-5,8,11,14H,2-3,6-7,9H2/p+1. The molecule has 1 aliphatic carbocycles. The molecule has 1 fully saturated rings. The van der Waals surface area contributed by atoms with Crippen molar-refractivity contribution >= 4 is 5.84 Å². The van der Waals surface area contributed by atoms with Crippen molar-refractivity contribution in [1.29, 1.82) is 0 Å². The van der Waals surface area contributed by atoms with E-state index in [4.69, 9.17) is 5.73 Å². The minimum Gasteiger partial charge on any atom is -0.287 e. The van der Waals surface area contributed by atoms with Crippen molar-refractivity contribution in [1.82, 2.24) is 0 Å². The van der Waals surface area contributed by atoms with E-state index >= 15 is 0 Å². The summed E-state index contributed by atoms with van der Waals surface area (Å²) in [6, 6.07) is 9.20. The van der Waals surface area contributed by atoms with E-state index in [2.05, 4.69) is 28.8 Å². The molecule has 0 unspecified atom stereocenters. The summed E-state index contributed by atoms with van der Waals surface area (Å²) in [6.07, 6.45) is 5.36. The Kier molecular flexibility index (Phi) is 2.01. The van der Waals surface area contributed by atoms with Gasteiger partial charge in [-0.25, -0.2) is 0 Å². The molecule has 2 heteroatoms. The minimum atomic E-state index is 0.692. The van der Waals surface area contributed by atoms with Crippen LogP contribution in [-0.4, -0.2) is 16.5 Å². The predicted octanol–water partition coefficient (Wildman–Crippen LogP) is 1.86. The second kappa shape index (κ2) is 3.37. The van der Waals surface area contributed by atoms with Gasteiger partial charge in [0.25, 0.3) is 5.84 Å². The molecule has 0 aromatic heterocycles. The first-order valence-electron chi connectivity index (χ1n) is 5.83. The Balaban J connectivity index is 1.97. The van der Waals surface area contributed by atoms with Crippen molar-refractivity contribution in [2.24, 2.45) is 5.73 Å². The molecule has 0 radical (unpaired) electrons. The van der Waals surface area contributed by atoms with Gasteiger partial charge in [-0.1, -0.05) is 18.2 Å². The lowest BCUT2D eigenvalue weighted by Gasteiger charge is -2.10. The molecule has 78 valence electrons. The van der Waals surface area contributed by atoms with E-state index < -0.39 is 0 Å². The third kappa shape index (κ3) is 1.36. The van der Waals surface area contributed by atoms with Crippen LogP contribution in [0.1, 0.15) is 36.8 Å². The van der Waals surface area contributed by atoms with Crippen LogP contribution in [0.3, 0.4) is 0 Å². The third-order valence-corrected chi connectivity index (χ3v) is 3.71. The molecular weight excluding hydrogens is 184 g/mol. The first kappa shape index (κ1) is 8.96. The molecule has 2 aliphatic rings. The fraction of sp³-hybridized carbons (Fsp3) is 0.462. The number of benzene rings is 1. The molecule has 0 atom stereocenters. The van der Waals surface area contributed by atoms with E-state index in [1.165, 1.54) is 36.8 Å². The SMILES string of the molecule is NC1=[N+](C2CCCC2)Cc2ccccc21. The van der Waals surface area contributed by atoms with Crippen LogP contribution < -0.4 is 5.73 Å². The van der Waals surface area contributed by atoms with Gasteiger partial charge in [0.15, 0.2) is 0 Å². The molecule has 1 aliphatic heterocycles. The second-order valence-electron chi connectivity index (χ2n) is 4.61. The van der Waals surface area contributed by atoms with Crippen molar-refractivity contribution in [2.45, 2.75) is 38.3 Å². The highest BCUT2D eigenvalue weighted by Gasteiger charge is 2.31. The van der Waals surface area contributed by atoms with E-state index in [-0.39, 0.29) is 0 Å². The average molecular weight is 201 g/mol. The Morgan fingerprint density at radius 2 is 1.87 bits per heavy atom. The summed E-state index contributed by atoms with van der Waals surface area (Å²) in [6.45, 7) is 1.02. The molecule has 1 aromatic rings. The molecule has 1 aromatic carbocycles. The lowest BCUT2D eigenvalue weighted by atomic mass is 10.1. The highest BCUT2D eigenvalue weighted by Crippen LogP contribution is 2.26. The smallest absolute Gasteiger partial charge is 0.275 e. The number of rotatable bonds is 1. The van der Waals surface area contributed by atoms with Crippen LogP contribution in [0.4, 0.5) is 0 Å². The maximum atomic E-state index is 6.21. The summed E-state index contributed by atoms with van der Waals surface area (Å²) < 4.78 is 2.40. The molecule has 0 spiro atoms. The quantitative estimate of drug-likeness (QED) is 0.690. The zero-order chi connectivity index (χ0) is 10.3. The Labute approximate surface area is 90.4 Å². The van der Waals surface area contributed by atoms with Crippen LogP contribution in [0.25, 0.3) is 0 Å². The molecule has 2 nitrogen and oxygen atoms in total. The van der Waals surface area contributed by atoms with Gasteiger partial charge in [0, 0.05) is 5.56 Å². The minimum absolute atomic E-state index is 0.692. The molecule has 15 heavy (non-hydrogen) atoms. The summed E-state index contributed by atoms with van der Waals surface area (Å²) in [5.41, 5.74) is 8.86. The molecule has 3 rings (SSSR count). The van der Waals surface area contributed by atoms with E-state index in [9.17, 15) is 0 Å². The van der Waals surface area contributed by atoms with Crippen LogP contribution in [0.2, 0.25) is 0 Å². The predicted molar refractivity (Wildman–Crippen MR) is 61.0 cm³/mol. The molecule has 0 bridgehead atoms. The second-order valence-corrected chi connectivity index (χ2v) is 4.61. The Morgan fingerprint density at radius 1 is 1.13 bits per heavy atom. The van der Waals surface area contributed by atoms with Crippen molar-refractivity contribution < 1.29 is 4.58 Å². The van der Waals surface area contributed by atoms with Gasteiger partial charge in [0.05, 0.1) is 11.6 Å². The molecule has 0 saturated heterocycles.